The number of carbonyl (C=O) groups excluding carboxylic acids is 1. The largest absolute Gasteiger partial charge is 0.481 e. The van der Waals surface area contributed by atoms with Gasteiger partial charge in [-0.05, 0) is 69.0 Å². The molecule has 2 aromatic heterocycles. The molecule has 4 heterocycles. The molecule has 2 aliphatic heterocycles. The number of ether oxygens (including phenoxy) is 3. The van der Waals surface area contributed by atoms with Crippen LogP contribution in [0.4, 0.5) is 15.9 Å². The van der Waals surface area contributed by atoms with E-state index in [0.29, 0.717) is 30.4 Å². The molecule has 1 unspecified atom stereocenters. The van der Waals surface area contributed by atoms with E-state index < -0.39 is 5.82 Å². The average molecular weight is 573 g/mol. The van der Waals surface area contributed by atoms with E-state index in [9.17, 15) is 9.18 Å². The maximum absolute atomic E-state index is 14.5. The van der Waals surface area contributed by atoms with Gasteiger partial charge in [-0.1, -0.05) is 12.1 Å². The average Bonchev–Trinajstić information content (AvgIpc) is 3.68. The lowest BCUT2D eigenvalue weighted by Gasteiger charge is -2.22. The van der Waals surface area contributed by atoms with Crippen molar-refractivity contribution in [1.29, 1.82) is 0 Å². The number of nitrogens with zero attached hydrogens (tertiary/aromatic N) is 4. The molecule has 0 aliphatic carbocycles. The molecular weight excluding hydrogens is 539 g/mol. The van der Waals surface area contributed by atoms with E-state index in [2.05, 4.69) is 20.7 Å². The summed E-state index contributed by atoms with van der Waals surface area (Å²) >= 11 is 0. The van der Waals surface area contributed by atoms with Crippen molar-refractivity contribution in [3.05, 3.63) is 71.9 Å². The Morgan fingerprint density at radius 2 is 1.93 bits per heavy atom. The zero-order valence-corrected chi connectivity index (χ0v) is 23.6. The summed E-state index contributed by atoms with van der Waals surface area (Å²) in [5.74, 6) is 0.0641. The number of anilines is 2. The summed E-state index contributed by atoms with van der Waals surface area (Å²) in [5.41, 5.74) is 5.11. The maximum Gasteiger partial charge on any atom is 0.258 e. The van der Waals surface area contributed by atoms with Crippen LogP contribution in [0.2, 0.25) is 0 Å². The maximum atomic E-state index is 14.5. The predicted molar refractivity (Wildman–Crippen MR) is 154 cm³/mol. The fourth-order valence-electron chi connectivity index (χ4n) is 5.00. The second-order valence-electron chi connectivity index (χ2n) is 10.7. The van der Waals surface area contributed by atoms with E-state index in [-0.39, 0.29) is 30.5 Å². The molecule has 1 fully saturated rings. The summed E-state index contributed by atoms with van der Waals surface area (Å²) in [5, 5.41) is 10.6. The smallest absolute Gasteiger partial charge is 0.258 e. The number of nitrogens with one attached hydrogen (secondary N) is 2. The van der Waals surface area contributed by atoms with E-state index in [1.807, 2.05) is 55.2 Å². The number of halogens is 1. The third-order valence-electron chi connectivity index (χ3n) is 7.11. The zero-order valence-electron chi connectivity index (χ0n) is 23.6. The van der Waals surface area contributed by atoms with E-state index in [0.717, 1.165) is 53.9 Å². The standard InChI is InChI=1S/C31H33FN6O4/c1-19(2)34-28(39)18-42-27-13-21(8-11-25(27)32)30-36-26-17-40-16-24(26)31(37-30)35-23-9-6-20(7-10-23)22-14-33-38(15-22)29-5-3-4-12-41-29/h6-11,13-15,19,29H,3-5,12,16-18H2,1-2H3,(H,34,39)(H,35,36,37). The van der Waals surface area contributed by atoms with Crippen LogP contribution in [0.15, 0.2) is 54.9 Å². The number of hydrogen-bond donors (Lipinski definition) is 2. The minimum atomic E-state index is -0.573. The highest BCUT2D eigenvalue weighted by Crippen LogP contribution is 2.32. The van der Waals surface area contributed by atoms with Gasteiger partial charge in [-0.2, -0.15) is 5.10 Å². The van der Waals surface area contributed by atoms with Gasteiger partial charge >= 0.3 is 0 Å². The molecule has 0 radical (unpaired) electrons. The quantitative estimate of drug-likeness (QED) is 0.270. The van der Waals surface area contributed by atoms with E-state index in [1.54, 1.807) is 6.07 Å². The fraction of sp³-hybridized carbons (Fsp3) is 0.355. The number of amides is 1. The van der Waals surface area contributed by atoms with Crippen molar-refractivity contribution in [2.45, 2.75) is 58.6 Å². The van der Waals surface area contributed by atoms with Crippen LogP contribution in [0.1, 0.15) is 50.6 Å². The van der Waals surface area contributed by atoms with Crippen LogP contribution in [0, 0.1) is 5.82 Å². The molecule has 2 N–H and O–H groups in total. The van der Waals surface area contributed by atoms with E-state index in [4.69, 9.17) is 19.2 Å². The molecule has 11 heteroatoms. The molecule has 0 saturated carbocycles. The number of benzene rings is 2. The van der Waals surface area contributed by atoms with Crippen molar-refractivity contribution in [3.8, 4) is 28.3 Å². The van der Waals surface area contributed by atoms with E-state index in [1.165, 1.54) is 12.1 Å². The number of carbonyl (C=O) groups is 1. The minimum Gasteiger partial charge on any atom is -0.481 e. The molecule has 1 atom stereocenters. The summed E-state index contributed by atoms with van der Waals surface area (Å²) in [6.07, 6.45) is 7.10. The first-order valence-corrected chi connectivity index (χ1v) is 14.2. The second kappa shape index (κ2) is 12.3. The van der Waals surface area contributed by atoms with Gasteiger partial charge in [0.25, 0.3) is 5.91 Å². The fourth-order valence-corrected chi connectivity index (χ4v) is 5.00. The Labute approximate surface area is 243 Å². The van der Waals surface area contributed by atoms with Gasteiger partial charge in [-0.25, -0.2) is 19.0 Å². The van der Waals surface area contributed by atoms with Gasteiger partial charge in [0.1, 0.15) is 12.0 Å². The first kappa shape index (κ1) is 27.8. The molecule has 2 aromatic carbocycles. The van der Waals surface area contributed by atoms with Crippen molar-refractivity contribution < 1.29 is 23.4 Å². The normalized spacial score (nSPS) is 16.3. The van der Waals surface area contributed by atoms with Crippen molar-refractivity contribution in [2.24, 2.45) is 0 Å². The molecular formula is C31H33FN6O4. The Balaban J connectivity index is 1.20. The van der Waals surface area contributed by atoms with Crippen LogP contribution in [0.3, 0.4) is 0 Å². The van der Waals surface area contributed by atoms with Crippen molar-refractivity contribution >= 4 is 17.4 Å². The third kappa shape index (κ3) is 6.27. The van der Waals surface area contributed by atoms with Gasteiger partial charge in [0, 0.05) is 41.2 Å². The molecule has 4 aromatic rings. The lowest BCUT2D eigenvalue weighted by Crippen LogP contribution is -2.34. The molecule has 0 bridgehead atoms. The Morgan fingerprint density at radius 1 is 1.10 bits per heavy atom. The van der Waals surface area contributed by atoms with Crippen LogP contribution in [-0.4, -0.2) is 44.9 Å². The molecule has 1 saturated heterocycles. The third-order valence-corrected chi connectivity index (χ3v) is 7.11. The number of aromatic nitrogens is 4. The second-order valence-corrected chi connectivity index (χ2v) is 10.7. The Hall–Kier alpha value is -4.35. The van der Waals surface area contributed by atoms with Crippen LogP contribution < -0.4 is 15.4 Å². The number of hydrogen-bond acceptors (Lipinski definition) is 8. The SMILES string of the molecule is CC(C)NC(=O)COc1cc(-c2nc3c(c(Nc4ccc(-c5cnn(C6CCCCO6)c5)cc4)n2)COC3)ccc1F. The van der Waals surface area contributed by atoms with Crippen molar-refractivity contribution in [2.75, 3.05) is 18.5 Å². The summed E-state index contributed by atoms with van der Waals surface area (Å²) < 4.78 is 33.4. The molecule has 10 nitrogen and oxygen atoms in total. The lowest BCUT2D eigenvalue weighted by atomic mass is 10.1. The molecule has 218 valence electrons. The van der Waals surface area contributed by atoms with Gasteiger partial charge in [-0.15, -0.1) is 0 Å². The van der Waals surface area contributed by atoms with Crippen LogP contribution >= 0.6 is 0 Å². The molecule has 1 amide bonds. The first-order valence-electron chi connectivity index (χ1n) is 14.2. The van der Waals surface area contributed by atoms with Gasteiger partial charge in [0.2, 0.25) is 0 Å². The predicted octanol–water partition coefficient (Wildman–Crippen LogP) is 5.52. The lowest BCUT2D eigenvalue weighted by molar-refractivity contribution is -0.123. The van der Waals surface area contributed by atoms with Crippen LogP contribution in [-0.2, 0) is 27.5 Å². The van der Waals surface area contributed by atoms with Crippen LogP contribution in [0.5, 0.6) is 5.75 Å². The Morgan fingerprint density at radius 3 is 2.71 bits per heavy atom. The van der Waals surface area contributed by atoms with Gasteiger partial charge in [-0.3, -0.25) is 4.79 Å². The summed E-state index contributed by atoms with van der Waals surface area (Å²) in [6.45, 7) is 4.91. The van der Waals surface area contributed by atoms with Gasteiger partial charge in [0.15, 0.2) is 24.0 Å². The monoisotopic (exact) mass is 572 g/mol. The number of rotatable bonds is 9. The Kier molecular flexibility index (Phi) is 8.11. The Bertz CT molecular complexity index is 1570. The zero-order chi connectivity index (χ0) is 29.1. The van der Waals surface area contributed by atoms with Crippen molar-refractivity contribution in [3.63, 3.8) is 0 Å². The van der Waals surface area contributed by atoms with E-state index >= 15 is 0 Å². The summed E-state index contributed by atoms with van der Waals surface area (Å²) in [4.78, 5) is 21.4. The molecule has 42 heavy (non-hydrogen) atoms. The first-order chi connectivity index (χ1) is 20.4. The molecule has 0 spiro atoms. The van der Waals surface area contributed by atoms with Gasteiger partial charge < -0.3 is 24.8 Å². The highest BCUT2D eigenvalue weighted by atomic mass is 19.1. The topological polar surface area (TPSA) is 112 Å². The number of fused-ring (bicyclic) bond motifs is 1. The highest BCUT2D eigenvalue weighted by Gasteiger charge is 2.22. The van der Waals surface area contributed by atoms with Gasteiger partial charge in [0.05, 0.1) is 25.1 Å². The molecule has 6 rings (SSSR count). The summed E-state index contributed by atoms with van der Waals surface area (Å²) in [7, 11) is 0. The highest BCUT2D eigenvalue weighted by molar-refractivity contribution is 5.78. The molecule has 2 aliphatic rings. The minimum absolute atomic E-state index is 0.00200. The van der Waals surface area contributed by atoms with Crippen LogP contribution in [0.25, 0.3) is 22.5 Å². The summed E-state index contributed by atoms with van der Waals surface area (Å²) in [6, 6.07) is 12.4. The van der Waals surface area contributed by atoms with Crippen molar-refractivity contribution in [1.82, 2.24) is 25.1 Å².